The minimum absolute atomic E-state index is 0.0446. The number of likely N-dealkylation sites (tertiary alicyclic amines) is 1. The van der Waals surface area contributed by atoms with Crippen LogP contribution in [0.4, 0.5) is 0 Å². The van der Waals surface area contributed by atoms with Gasteiger partial charge in [-0.3, -0.25) is 14.8 Å². The summed E-state index contributed by atoms with van der Waals surface area (Å²) in [7, 11) is 0. The zero-order chi connectivity index (χ0) is 18.1. The van der Waals surface area contributed by atoms with Crippen LogP contribution in [-0.2, 0) is 4.74 Å². The van der Waals surface area contributed by atoms with Gasteiger partial charge < -0.3 is 14.4 Å². The van der Waals surface area contributed by atoms with E-state index in [0.717, 1.165) is 30.0 Å². The molecule has 2 aliphatic rings. The maximum Gasteiger partial charge on any atom is 0.254 e. The third-order valence-corrected chi connectivity index (χ3v) is 4.96. The number of nitrogens with zero attached hydrogens (tertiary/aromatic N) is 3. The van der Waals surface area contributed by atoms with Crippen molar-refractivity contribution in [3.05, 3.63) is 53.6 Å². The van der Waals surface area contributed by atoms with Gasteiger partial charge in [-0.25, -0.2) is 0 Å². The van der Waals surface area contributed by atoms with E-state index in [-0.39, 0.29) is 17.6 Å². The second kappa shape index (κ2) is 6.68. The Morgan fingerprint density at radius 2 is 2.08 bits per heavy atom. The number of pyridine rings is 2. The van der Waals surface area contributed by atoms with Gasteiger partial charge in [0.05, 0.1) is 25.9 Å². The van der Waals surface area contributed by atoms with Gasteiger partial charge in [-0.1, -0.05) is 0 Å². The molecule has 2 aromatic heterocycles. The summed E-state index contributed by atoms with van der Waals surface area (Å²) < 4.78 is 12.1. The van der Waals surface area contributed by atoms with Gasteiger partial charge in [0, 0.05) is 36.0 Å². The van der Waals surface area contributed by atoms with E-state index in [1.807, 2.05) is 43.0 Å². The molecule has 6 nitrogen and oxygen atoms in total. The van der Waals surface area contributed by atoms with Gasteiger partial charge in [0.25, 0.3) is 5.91 Å². The Hall–Kier alpha value is -2.47. The first-order chi connectivity index (χ1) is 12.5. The highest BCUT2D eigenvalue weighted by atomic mass is 16.5. The fraction of sp³-hybridized carbons (Fsp3) is 0.450. The van der Waals surface area contributed by atoms with E-state index < -0.39 is 0 Å². The zero-order valence-corrected chi connectivity index (χ0v) is 15.1. The van der Waals surface area contributed by atoms with Crippen molar-refractivity contribution in [2.75, 3.05) is 19.7 Å². The molecule has 0 radical (unpaired) electrons. The fourth-order valence-electron chi connectivity index (χ4n) is 3.85. The Morgan fingerprint density at radius 3 is 2.77 bits per heavy atom. The third kappa shape index (κ3) is 3.42. The first-order valence-corrected chi connectivity index (χ1v) is 8.98. The molecule has 0 N–H and O–H groups in total. The lowest BCUT2D eigenvalue weighted by Crippen LogP contribution is -2.67. The molecular weight excluding hydrogens is 330 g/mol. The lowest BCUT2D eigenvalue weighted by molar-refractivity contribution is -0.173. The molecule has 0 aromatic carbocycles. The van der Waals surface area contributed by atoms with Crippen LogP contribution in [0.1, 0.15) is 34.6 Å². The standard InChI is InChI=1S/C20H23N3O3/c1-14-8-16(9-15(2)22-14)19(24)23-12-20(13-23)10-17(5-7-25-20)26-18-4-3-6-21-11-18/h3-4,6,8-9,11,17H,5,7,10,12-13H2,1-2H3/t17-/m0/s1. The van der Waals surface area contributed by atoms with E-state index in [2.05, 4.69) is 9.97 Å². The summed E-state index contributed by atoms with van der Waals surface area (Å²) in [6.07, 6.45) is 5.20. The van der Waals surface area contributed by atoms with E-state index in [9.17, 15) is 4.79 Å². The first kappa shape index (κ1) is 17.0. The molecule has 136 valence electrons. The maximum atomic E-state index is 12.7. The van der Waals surface area contributed by atoms with Crippen molar-refractivity contribution in [3.8, 4) is 5.75 Å². The summed E-state index contributed by atoms with van der Waals surface area (Å²) in [5.41, 5.74) is 2.14. The van der Waals surface area contributed by atoms with Crippen LogP contribution >= 0.6 is 0 Å². The molecule has 1 atom stereocenters. The van der Waals surface area contributed by atoms with Crippen LogP contribution < -0.4 is 4.74 Å². The normalized spacial score (nSPS) is 21.3. The van der Waals surface area contributed by atoms with E-state index in [1.54, 1.807) is 12.4 Å². The molecule has 2 aromatic rings. The summed E-state index contributed by atoms with van der Waals surface area (Å²) in [6, 6.07) is 7.47. The molecule has 2 aliphatic heterocycles. The summed E-state index contributed by atoms with van der Waals surface area (Å²) in [5.74, 6) is 0.827. The molecule has 0 unspecified atom stereocenters. The SMILES string of the molecule is Cc1cc(C(=O)N2CC3(C[C@@H](Oc4cccnc4)CCO3)C2)cc(C)n1. The van der Waals surface area contributed by atoms with Gasteiger partial charge in [0.2, 0.25) is 0 Å². The Balaban J connectivity index is 1.38. The number of ether oxygens (including phenoxy) is 2. The minimum Gasteiger partial charge on any atom is -0.489 e. The van der Waals surface area contributed by atoms with Crippen molar-refractivity contribution in [2.45, 2.75) is 38.4 Å². The lowest BCUT2D eigenvalue weighted by Gasteiger charge is -2.52. The zero-order valence-electron chi connectivity index (χ0n) is 15.1. The van der Waals surface area contributed by atoms with Gasteiger partial charge in [0.1, 0.15) is 17.5 Å². The predicted molar refractivity (Wildman–Crippen MR) is 96.2 cm³/mol. The smallest absolute Gasteiger partial charge is 0.254 e. The number of rotatable bonds is 3. The highest BCUT2D eigenvalue weighted by molar-refractivity contribution is 5.95. The van der Waals surface area contributed by atoms with Gasteiger partial charge >= 0.3 is 0 Å². The third-order valence-electron chi connectivity index (χ3n) is 4.96. The number of hydrogen-bond acceptors (Lipinski definition) is 5. The number of amides is 1. The Kier molecular flexibility index (Phi) is 4.36. The number of carbonyl (C=O) groups excluding carboxylic acids is 1. The average Bonchev–Trinajstić information content (AvgIpc) is 2.59. The molecular formula is C20H23N3O3. The molecule has 0 saturated carbocycles. The van der Waals surface area contributed by atoms with Crippen molar-refractivity contribution in [3.63, 3.8) is 0 Å². The summed E-state index contributed by atoms with van der Waals surface area (Å²) >= 11 is 0. The topological polar surface area (TPSA) is 64.6 Å². The highest BCUT2D eigenvalue weighted by Crippen LogP contribution is 2.36. The Labute approximate surface area is 153 Å². The largest absolute Gasteiger partial charge is 0.489 e. The van der Waals surface area contributed by atoms with Crippen LogP contribution in [0.15, 0.2) is 36.7 Å². The van der Waals surface area contributed by atoms with E-state index in [1.165, 1.54) is 0 Å². The number of aromatic nitrogens is 2. The summed E-state index contributed by atoms with van der Waals surface area (Å²) in [4.78, 5) is 23.0. The van der Waals surface area contributed by atoms with Crippen molar-refractivity contribution in [1.82, 2.24) is 14.9 Å². The maximum absolute atomic E-state index is 12.7. The van der Waals surface area contributed by atoms with Crippen LogP contribution in [-0.4, -0.2) is 52.2 Å². The van der Waals surface area contributed by atoms with Gasteiger partial charge in [-0.2, -0.15) is 0 Å². The van der Waals surface area contributed by atoms with Crippen LogP contribution in [0.5, 0.6) is 5.75 Å². The van der Waals surface area contributed by atoms with Crippen LogP contribution in [0.3, 0.4) is 0 Å². The monoisotopic (exact) mass is 353 g/mol. The molecule has 1 amide bonds. The molecule has 4 rings (SSSR count). The minimum atomic E-state index is -0.280. The van der Waals surface area contributed by atoms with Gasteiger partial charge in [-0.05, 0) is 38.1 Å². The quantitative estimate of drug-likeness (QED) is 0.848. The second-order valence-electron chi connectivity index (χ2n) is 7.25. The van der Waals surface area contributed by atoms with Crippen molar-refractivity contribution < 1.29 is 14.3 Å². The first-order valence-electron chi connectivity index (χ1n) is 8.98. The van der Waals surface area contributed by atoms with Crippen molar-refractivity contribution >= 4 is 5.91 Å². The van der Waals surface area contributed by atoms with Crippen LogP contribution in [0.25, 0.3) is 0 Å². The summed E-state index contributed by atoms with van der Waals surface area (Å²) in [5, 5.41) is 0. The molecule has 2 fully saturated rings. The van der Waals surface area contributed by atoms with E-state index in [4.69, 9.17) is 9.47 Å². The fourth-order valence-corrected chi connectivity index (χ4v) is 3.85. The molecule has 4 heterocycles. The number of aryl methyl sites for hydroxylation is 2. The predicted octanol–water partition coefficient (Wildman–Crippen LogP) is 2.55. The van der Waals surface area contributed by atoms with Crippen LogP contribution in [0, 0.1) is 13.8 Å². The molecule has 2 saturated heterocycles. The van der Waals surface area contributed by atoms with Gasteiger partial charge in [0.15, 0.2) is 0 Å². The van der Waals surface area contributed by atoms with Crippen molar-refractivity contribution in [2.24, 2.45) is 0 Å². The highest BCUT2D eigenvalue weighted by Gasteiger charge is 2.50. The second-order valence-corrected chi connectivity index (χ2v) is 7.25. The van der Waals surface area contributed by atoms with E-state index in [0.29, 0.717) is 25.3 Å². The molecule has 0 bridgehead atoms. The molecule has 6 heteroatoms. The average molecular weight is 353 g/mol. The molecule has 0 aliphatic carbocycles. The van der Waals surface area contributed by atoms with Gasteiger partial charge in [-0.15, -0.1) is 0 Å². The Bertz CT molecular complexity index is 783. The van der Waals surface area contributed by atoms with E-state index >= 15 is 0 Å². The lowest BCUT2D eigenvalue weighted by atomic mass is 9.84. The molecule has 26 heavy (non-hydrogen) atoms. The number of hydrogen-bond donors (Lipinski definition) is 0. The Morgan fingerprint density at radius 1 is 1.31 bits per heavy atom. The van der Waals surface area contributed by atoms with Crippen LogP contribution in [0.2, 0.25) is 0 Å². The van der Waals surface area contributed by atoms with Crippen molar-refractivity contribution in [1.29, 1.82) is 0 Å². The molecule has 1 spiro atoms. The number of carbonyl (C=O) groups is 1. The summed E-state index contributed by atoms with van der Waals surface area (Å²) in [6.45, 7) is 5.69.